The Labute approximate surface area is 129 Å². The Balaban J connectivity index is 2.04. The summed E-state index contributed by atoms with van der Waals surface area (Å²) in [7, 11) is -3.60. The molecule has 0 amide bonds. The van der Waals surface area contributed by atoms with Gasteiger partial charge in [0, 0.05) is 6.54 Å². The first-order valence-electron chi connectivity index (χ1n) is 6.70. The number of sulfonamides is 1. The highest BCUT2D eigenvalue weighted by Crippen LogP contribution is 2.19. The molecule has 1 heterocycles. The highest BCUT2D eigenvalue weighted by Gasteiger charge is 2.17. The number of hydrogen-bond donors (Lipinski definition) is 2. The zero-order valence-electron chi connectivity index (χ0n) is 12.0. The number of nitrogens with one attached hydrogen (secondary N) is 1. The summed E-state index contributed by atoms with van der Waals surface area (Å²) >= 11 is 1.46. The molecule has 1 unspecified atom stereocenters. The van der Waals surface area contributed by atoms with Crippen LogP contribution in [0.15, 0.2) is 46.0 Å². The largest absolute Gasteiger partial charge is 0.387 e. The molecule has 0 aliphatic carbocycles. The minimum Gasteiger partial charge on any atom is -0.387 e. The first kappa shape index (κ1) is 16.2. The number of benzene rings is 1. The highest BCUT2D eigenvalue weighted by atomic mass is 32.2. The zero-order chi connectivity index (χ0) is 15.5. The van der Waals surface area contributed by atoms with E-state index in [1.807, 2.05) is 17.5 Å². The Morgan fingerprint density at radius 1 is 1.14 bits per heavy atom. The molecule has 1 atom stereocenters. The van der Waals surface area contributed by atoms with Crippen LogP contribution in [0.2, 0.25) is 0 Å². The topological polar surface area (TPSA) is 66.4 Å². The van der Waals surface area contributed by atoms with Gasteiger partial charge in [0.2, 0.25) is 10.0 Å². The Morgan fingerprint density at radius 2 is 1.81 bits per heavy atom. The minimum absolute atomic E-state index is 0.0367. The van der Waals surface area contributed by atoms with E-state index in [1.165, 1.54) is 11.3 Å². The molecule has 1 aromatic heterocycles. The van der Waals surface area contributed by atoms with Crippen LogP contribution in [-0.4, -0.2) is 20.1 Å². The van der Waals surface area contributed by atoms with Crippen molar-refractivity contribution >= 4 is 21.4 Å². The number of rotatable bonds is 6. The van der Waals surface area contributed by atoms with Crippen molar-refractivity contribution in [2.24, 2.45) is 0 Å². The van der Waals surface area contributed by atoms with Crippen LogP contribution in [0.4, 0.5) is 0 Å². The molecule has 0 saturated carbocycles. The van der Waals surface area contributed by atoms with Crippen LogP contribution in [0.1, 0.15) is 37.0 Å². The second-order valence-corrected chi connectivity index (χ2v) is 7.70. The molecule has 0 aliphatic heterocycles. The van der Waals surface area contributed by atoms with E-state index in [9.17, 15) is 13.5 Å². The van der Waals surface area contributed by atoms with Gasteiger partial charge in [0.15, 0.2) is 0 Å². The molecule has 0 fully saturated rings. The lowest BCUT2D eigenvalue weighted by atomic mass is 10.0. The molecule has 2 rings (SSSR count). The molecule has 0 spiro atoms. The van der Waals surface area contributed by atoms with E-state index in [1.54, 1.807) is 23.6 Å². The van der Waals surface area contributed by atoms with Crippen LogP contribution in [0.3, 0.4) is 0 Å². The van der Waals surface area contributed by atoms with E-state index in [2.05, 4.69) is 18.6 Å². The lowest BCUT2D eigenvalue weighted by Gasteiger charge is -2.12. The first-order valence-corrected chi connectivity index (χ1v) is 9.12. The Bertz CT molecular complexity index is 661. The molecule has 2 N–H and O–H groups in total. The fourth-order valence-corrected chi connectivity index (χ4v) is 3.63. The highest BCUT2D eigenvalue weighted by molar-refractivity contribution is 7.89. The van der Waals surface area contributed by atoms with Crippen LogP contribution in [0, 0.1) is 0 Å². The van der Waals surface area contributed by atoms with Gasteiger partial charge in [-0.2, -0.15) is 11.3 Å². The van der Waals surface area contributed by atoms with Crippen molar-refractivity contribution in [2.75, 3.05) is 6.54 Å². The van der Waals surface area contributed by atoms with Crippen molar-refractivity contribution in [3.8, 4) is 0 Å². The third-order valence-electron chi connectivity index (χ3n) is 3.25. The van der Waals surface area contributed by atoms with Crippen molar-refractivity contribution in [3.63, 3.8) is 0 Å². The molecular weight excluding hydrogens is 306 g/mol. The summed E-state index contributed by atoms with van der Waals surface area (Å²) < 4.78 is 26.8. The summed E-state index contributed by atoms with van der Waals surface area (Å²) in [5.41, 5.74) is 1.81. The summed E-state index contributed by atoms with van der Waals surface area (Å²) in [6, 6.07) is 8.59. The van der Waals surface area contributed by atoms with Gasteiger partial charge in [-0.15, -0.1) is 0 Å². The van der Waals surface area contributed by atoms with Crippen LogP contribution < -0.4 is 4.72 Å². The van der Waals surface area contributed by atoms with Crippen LogP contribution >= 0.6 is 11.3 Å². The second kappa shape index (κ2) is 6.70. The first-order chi connectivity index (χ1) is 9.90. The van der Waals surface area contributed by atoms with Crippen molar-refractivity contribution in [2.45, 2.75) is 30.8 Å². The van der Waals surface area contributed by atoms with Gasteiger partial charge in [-0.05, 0) is 46.0 Å². The van der Waals surface area contributed by atoms with Gasteiger partial charge in [-0.25, -0.2) is 13.1 Å². The summed E-state index contributed by atoms with van der Waals surface area (Å²) in [5, 5.41) is 13.6. The van der Waals surface area contributed by atoms with Crippen molar-refractivity contribution in [1.29, 1.82) is 0 Å². The summed E-state index contributed by atoms with van der Waals surface area (Å²) in [4.78, 5) is 0.212. The fraction of sp³-hybridized carbons (Fsp3) is 0.333. The van der Waals surface area contributed by atoms with E-state index in [4.69, 9.17) is 0 Å². The molecule has 114 valence electrons. The van der Waals surface area contributed by atoms with Gasteiger partial charge in [-0.3, -0.25) is 0 Å². The van der Waals surface area contributed by atoms with E-state index >= 15 is 0 Å². The van der Waals surface area contributed by atoms with Crippen molar-refractivity contribution in [1.82, 2.24) is 4.72 Å². The van der Waals surface area contributed by atoms with E-state index in [-0.39, 0.29) is 11.4 Å². The molecule has 0 saturated heterocycles. The monoisotopic (exact) mass is 325 g/mol. The quantitative estimate of drug-likeness (QED) is 0.858. The van der Waals surface area contributed by atoms with E-state index < -0.39 is 16.1 Å². The van der Waals surface area contributed by atoms with Gasteiger partial charge in [0.05, 0.1) is 11.0 Å². The maximum absolute atomic E-state index is 12.2. The van der Waals surface area contributed by atoms with Crippen molar-refractivity contribution < 1.29 is 13.5 Å². The third kappa shape index (κ3) is 4.14. The van der Waals surface area contributed by atoms with Gasteiger partial charge in [0.25, 0.3) is 0 Å². The average molecular weight is 325 g/mol. The molecule has 21 heavy (non-hydrogen) atoms. The summed E-state index contributed by atoms with van der Waals surface area (Å²) in [6.45, 7) is 4.07. The van der Waals surface area contributed by atoms with Crippen LogP contribution in [0.25, 0.3) is 0 Å². The normalized spacial score (nSPS) is 13.5. The Hall–Kier alpha value is -1.21. The number of hydrogen-bond acceptors (Lipinski definition) is 4. The van der Waals surface area contributed by atoms with Crippen molar-refractivity contribution in [3.05, 3.63) is 52.2 Å². The molecule has 0 bridgehead atoms. The second-order valence-electron chi connectivity index (χ2n) is 5.15. The fourth-order valence-electron chi connectivity index (χ4n) is 1.89. The lowest BCUT2D eigenvalue weighted by Crippen LogP contribution is -2.28. The SMILES string of the molecule is CC(C)c1ccc(S(=O)(=O)NCC(O)c2ccsc2)cc1. The standard InChI is InChI=1S/C15H19NO3S2/c1-11(2)12-3-5-14(6-4-12)21(18,19)16-9-15(17)13-7-8-20-10-13/h3-8,10-11,15-17H,9H2,1-2H3. The summed E-state index contributed by atoms with van der Waals surface area (Å²) in [6.07, 6.45) is -0.832. The summed E-state index contributed by atoms with van der Waals surface area (Å²) in [5.74, 6) is 0.357. The van der Waals surface area contributed by atoms with E-state index in [0.717, 1.165) is 11.1 Å². The molecule has 6 heteroatoms. The third-order valence-corrected chi connectivity index (χ3v) is 5.39. The molecule has 4 nitrogen and oxygen atoms in total. The van der Waals surface area contributed by atoms with E-state index in [0.29, 0.717) is 5.92 Å². The van der Waals surface area contributed by atoms with Gasteiger partial charge < -0.3 is 5.11 Å². The molecular formula is C15H19NO3S2. The molecule has 0 aliphatic rings. The predicted molar refractivity (Wildman–Crippen MR) is 85.0 cm³/mol. The smallest absolute Gasteiger partial charge is 0.240 e. The average Bonchev–Trinajstić information content (AvgIpc) is 2.99. The lowest BCUT2D eigenvalue weighted by molar-refractivity contribution is 0.182. The maximum atomic E-state index is 12.2. The molecule has 1 aromatic carbocycles. The van der Waals surface area contributed by atoms with Crippen LogP contribution in [0.5, 0.6) is 0 Å². The molecule has 0 radical (unpaired) electrons. The zero-order valence-corrected chi connectivity index (χ0v) is 13.6. The minimum atomic E-state index is -3.60. The number of aliphatic hydroxyl groups excluding tert-OH is 1. The van der Waals surface area contributed by atoms with Crippen LogP contribution in [-0.2, 0) is 10.0 Å². The van der Waals surface area contributed by atoms with Gasteiger partial charge >= 0.3 is 0 Å². The molecule has 2 aromatic rings. The Kier molecular flexibility index (Phi) is 5.16. The predicted octanol–water partition coefficient (Wildman–Crippen LogP) is 2.88. The van der Waals surface area contributed by atoms with Gasteiger partial charge in [-0.1, -0.05) is 26.0 Å². The van der Waals surface area contributed by atoms with Gasteiger partial charge in [0.1, 0.15) is 0 Å². The Morgan fingerprint density at radius 3 is 2.33 bits per heavy atom. The maximum Gasteiger partial charge on any atom is 0.240 e. The number of aliphatic hydroxyl groups is 1. The number of thiophene rings is 1.